The molecule has 0 aliphatic heterocycles. The van der Waals surface area contributed by atoms with Gasteiger partial charge < -0.3 is 18.9 Å². The third kappa shape index (κ3) is 12.3. The first-order valence-corrected chi connectivity index (χ1v) is 15.4. The first kappa shape index (κ1) is 33.4. The summed E-state index contributed by atoms with van der Waals surface area (Å²) in [6.07, 6.45) is 9.12. The Labute approximate surface area is 255 Å². The Bertz CT molecular complexity index is 1260. The Kier molecular flexibility index (Phi) is 14.3. The maximum absolute atomic E-state index is 12.6. The van der Waals surface area contributed by atoms with Crippen molar-refractivity contribution in [3.63, 3.8) is 0 Å². The molecule has 0 aromatic heterocycles. The van der Waals surface area contributed by atoms with E-state index in [0.717, 1.165) is 56.1 Å². The Morgan fingerprint density at radius 1 is 0.628 bits per heavy atom. The summed E-state index contributed by atoms with van der Waals surface area (Å²) in [5.41, 5.74) is 2.84. The lowest BCUT2D eigenvalue weighted by Crippen LogP contribution is -2.15. The van der Waals surface area contributed by atoms with Crippen LogP contribution in [0.5, 0.6) is 11.5 Å². The highest BCUT2D eigenvalue weighted by Gasteiger charge is 2.13. The topological polar surface area (TPSA) is 88.1 Å². The zero-order valence-corrected chi connectivity index (χ0v) is 25.6. The molecular weight excluding hydrogens is 544 g/mol. The Balaban J connectivity index is 1.41. The minimum absolute atomic E-state index is 0.0989. The molecule has 0 aliphatic carbocycles. The van der Waals surface area contributed by atoms with Crippen LogP contribution in [0.3, 0.4) is 0 Å². The lowest BCUT2D eigenvalue weighted by atomic mass is 10.0. The van der Waals surface area contributed by atoms with E-state index < -0.39 is 5.97 Å². The van der Waals surface area contributed by atoms with Gasteiger partial charge in [0.1, 0.15) is 11.5 Å². The minimum Gasteiger partial charge on any atom is -0.494 e. The minimum atomic E-state index is -0.450. The zero-order chi connectivity index (χ0) is 30.9. The van der Waals surface area contributed by atoms with Crippen LogP contribution in [0.25, 0.3) is 11.1 Å². The highest BCUT2D eigenvalue weighted by Crippen LogP contribution is 2.24. The lowest BCUT2D eigenvalue weighted by molar-refractivity contribution is -0.141. The van der Waals surface area contributed by atoms with E-state index in [0.29, 0.717) is 35.8 Å². The van der Waals surface area contributed by atoms with Crippen LogP contribution < -0.4 is 9.47 Å². The van der Waals surface area contributed by atoms with E-state index >= 15 is 0 Å². The van der Waals surface area contributed by atoms with E-state index in [-0.39, 0.29) is 18.0 Å². The molecule has 0 N–H and O–H groups in total. The van der Waals surface area contributed by atoms with Gasteiger partial charge in [0.2, 0.25) is 0 Å². The summed E-state index contributed by atoms with van der Waals surface area (Å²) in [5.74, 6) is 0.133. The third-order valence-electron chi connectivity index (χ3n) is 6.99. The monoisotopic (exact) mass is 588 g/mol. The van der Waals surface area contributed by atoms with Crippen molar-refractivity contribution in [2.24, 2.45) is 0 Å². The molecule has 3 aromatic rings. The molecule has 7 heteroatoms. The van der Waals surface area contributed by atoms with Crippen LogP contribution in [0.15, 0.2) is 72.8 Å². The van der Waals surface area contributed by atoms with E-state index in [4.69, 9.17) is 18.9 Å². The number of rotatable bonds is 18. The summed E-state index contributed by atoms with van der Waals surface area (Å²) in [6, 6.07) is 21.5. The van der Waals surface area contributed by atoms with Crippen molar-refractivity contribution in [3.8, 4) is 22.6 Å². The molecule has 0 aliphatic rings. The van der Waals surface area contributed by atoms with Gasteiger partial charge in [-0.25, -0.2) is 9.59 Å². The predicted octanol–water partition coefficient (Wildman–Crippen LogP) is 8.59. The highest BCUT2D eigenvalue weighted by molar-refractivity contribution is 5.91. The fourth-order valence-electron chi connectivity index (χ4n) is 4.50. The summed E-state index contributed by atoms with van der Waals surface area (Å²) in [7, 11) is 0. The number of hydrogen-bond acceptors (Lipinski definition) is 7. The largest absolute Gasteiger partial charge is 0.494 e. The number of benzene rings is 3. The molecule has 0 spiro atoms. The fourth-order valence-corrected chi connectivity index (χ4v) is 4.50. The van der Waals surface area contributed by atoms with Crippen molar-refractivity contribution in [1.82, 2.24) is 0 Å². The second-order valence-electron chi connectivity index (χ2n) is 10.7. The van der Waals surface area contributed by atoms with Crippen molar-refractivity contribution >= 4 is 17.9 Å². The van der Waals surface area contributed by atoms with Crippen molar-refractivity contribution < 1.29 is 33.3 Å². The average molecular weight is 589 g/mol. The molecule has 0 saturated carbocycles. The Hall–Kier alpha value is -4.13. The molecule has 0 heterocycles. The molecule has 0 unspecified atom stereocenters. The van der Waals surface area contributed by atoms with Gasteiger partial charge in [-0.15, -0.1) is 0 Å². The van der Waals surface area contributed by atoms with Gasteiger partial charge in [0.05, 0.1) is 30.4 Å². The second-order valence-corrected chi connectivity index (χ2v) is 10.7. The summed E-state index contributed by atoms with van der Waals surface area (Å²) in [5, 5.41) is 0. The Morgan fingerprint density at radius 2 is 1.16 bits per heavy atom. The normalized spacial score (nSPS) is 11.4. The lowest BCUT2D eigenvalue weighted by Gasteiger charge is -2.13. The number of carbonyl (C=O) groups excluding carboxylic acids is 3. The first-order chi connectivity index (χ1) is 20.9. The molecule has 230 valence electrons. The maximum Gasteiger partial charge on any atom is 0.343 e. The summed E-state index contributed by atoms with van der Waals surface area (Å²) >= 11 is 0. The van der Waals surface area contributed by atoms with Gasteiger partial charge in [0, 0.05) is 6.92 Å². The number of hydrogen-bond donors (Lipinski definition) is 0. The molecule has 7 nitrogen and oxygen atoms in total. The van der Waals surface area contributed by atoms with Crippen LogP contribution in [0, 0.1) is 0 Å². The van der Waals surface area contributed by atoms with E-state index in [1.165, 1.54) is 19.8 Å². The van der Waals surface area contributed by atoms with E-state index in [9.17, 15) is 14.4 Å². The van der Waals surface area contributed by atoms with Crippen LogP contribution in [0.4, 0.5) is 0 Å². The van der Waals surface area contributed by atoms with Gasteiger partial charge in [0.15, 0.2) is 0 Å². The quantitative estimate of drug-likeness (QED) is 0.0835. The van der Waals surface area contributed by atoms with Crippen LogP contribution in [-0.4, -0.2) is 37.2 Å². The predicted molar refractivity (Wildman–Crippen MR) is 168 cm³/mol. The van der Waals surface area contributed by atoms with Crippen molar-refractivity contribution in [1.29, 1.82) is 0 Å². The van der Waals surface area contributed by atoms with E-state index in [1.807, 2.05) is 31.2 Å². The standard InChI is InChI=1S/C36H44O7/c1-4-5-6-9-12-27(2)42-35(38)31-15-13-29(14-16-31)30-17-23-34(24-18-30)43-36(39)32-19-21-33(22-20-32)41-26-11-8-7-10-25-40-28(3)37/h13-24,27H,4-12,25-26H2,1-3H3/t27-/m0/s1. The third-order valence-corrected chi connectivity index (χ3v) is 6.99. The second kappa shape index (κ2) is 18.4. The summed E-state index contributed by atoms with van der Waals surface area (Å²) in [6.45, 7) is 6.58. The average Bonchev–Trinajstić information content (AvgIpc) is 3.01. The zero-order valence-electron chi connectivity index (χ0n) is 25.6. The van der Waals surface area contributed by atoms with Gasteiger partial charge >= 0.3 is 17.9 Å². The number of esters is 3. The van der Waals surface area contributed by atoms with Crippen molar-refractivity contribution in [3.05, 3.63) is 83.9 Å². The molecule has 0 fully saturated rings. The fraction of sp³-hybridized carbons (Fsp3) is 0.417. The van der Waals surface area contributed by atoms with Gasteiger partial charge in [0.25, 0.3) is 0 Å². The Morgan fingerprint density at radius 3 is 1.79 bits per heavy atom. The number of unbranched alkanes of at least 4 members (excludes halogenated alkanes) is 6. The smallest absolute Gasteiger partial charge is 0.343 e. The number of carbonyl (C=O) groups is 3. The van der Waals surface area contributed by atoms with Crippen molar-refractivity contribution in [2.45, 2.75) is 84.7 Å². The van der Waals surface area contributed by atoms with Gasteiger partial charge in [-0.3, -0.25) is 4.79 Å². The molecule has 0 saturated heterocycles. The van der Waals surface area contributed by atoms with E-state index in [2.05, 4.69) is 6.92 Å². The molecular formula is C36H44O7. The molecule has 0 bridgehead atoms. The van der Waals surface area contributed by atoms with Gasteiger partial charge in [-0.2, -0.15) is 0 Å². The highest BCUT2D eigenvalue weighted by atomic mass is 16.5. The maximum atomic E-state index is 12.6. The molecule has 0 amide bonds. The van der Waals surface area contributed by atoms with Gasteiger partial charge in [-0.05, 0) is 105 Å². The molecule has 43 heavy (non-hydrogen) atoms. The van der Waals surface area contributed by atoms with Crippen LogP contribution in [-0.2, 0) is 14.3 Å². The number of ether oxygens (including phenoxy) is 4. The SMILES string of the molecule is CCCCCC[C@H](C)OC(=O)c1ccc(-c2ccc(OC(=O)c3ccc(OCCCCCCOC(C)=O)cc3)cc2)cc1. The van der Waals surface area contributed by atoms with Gasteiger partial charge in [-0.1, -0.05) is 50.5 Å². The molecule has 3 rings (SSSR count). The van der Waals surface area contributed by atoms with Crippen LogP contribution in [0.1, 0.15) is 99.3 Å². The molecule has 0 radical (unpaired) electrons. The molecule has 3 aromatic carbocycles. The van der Waals surface area contributed by atoms with Crippen LogP contribution >= 0.6 is 0 Å². The molecule has 1 atom stereocenters. The first-order valence-electron chi connectivity index (χ1n) is 15.4. The van der Waals surface area contributed by atoms with Crippen molar-refractivity contribution in [2.75, 3.05) is 13.2 Å². The summed E-state index contributed by atoms with van der Waals surface area (Å²) in [4.78, 5) is 35.9. The summed E-state index contributed by atoms with van der Waals surface area (Å²) < 4.78 is 21.8. The van der Waals surface area contributed by atoms with E-state index in [1.54, 1.807) is 48.5 Å². The van der Waals surface area contributed by atoms with Crippen LogP contribution in [0.2, 0.25) is 0 Å².